The Kier molecular flexibility index (Phi) is 7.47. The molecule has 1 aliphatic rings. The van der Waals surface area contributed by atoms with E-state index in [0.717, 1.165) is 9.87 Å². The van der Waals surface area contributed by atoms with Crippen LogP contribution in [0, 0.1) is 12.8 Å². The SMILES string of the molecule is COc1ccc(N(CC(=O)N2CCC(C(N)=O)CC2)S(=O)(=O)c2ccc(C)cc2)c(OC)c1. The highest BCUT2D eigenvalue weighted by atomic mass is 32.2. The lowest BCUT2D eigenvalue weighted by atomic mass is 9.96. The number of aryl methyl sites for hydroxylation is 1. The number of methoxy groups -OCH3 is 2. The van der Waals surface area contributed by atoms with Crippen molar-refractivity contribution in [3.05, 3.63) is 48.0 Å². The highest BCUT2D eigenvalue weighted by molar-refractivity contribution is 7.92. The first-order chi connectivity index (χ1) is 15.7. The summed E-state index contributed by atoms with van der Waals surface area (Å²) in [6.45, 7) is 2.12. The normalized spacial score (nSPS) is 14.6. The van der Waals surface area contributed by atoms with Gasteiger partial charge in [0.15, 0.2) is 0 Å². The number of sulfonamides is 1. The number of primary amides is 1. The largest absolute Gasteiger partial charge is 0.497 e. The number of piperidine rings is 1. The predicted molar refractivity (Wildman–Crippen MR) is 124 cm³/mol. The van der Waals surface area contributed by atoms with Gasteiger partial charge in [-0.15, -0.1) is 0 Å². The number of anilines is 1. The molecule has 0 bridgehead atoms. The molecule has 0 saturated carbocycles. The number of hydrogen-bond donors (Lipinski definition) is 1. The van der Waals surface area contributed by atoms with Crippen molar-refractivity contribution in [1.29, 1.82) is 0 Å². The van der Waals surface area contributed by atoms with Gasteiger partial charge in [0.05, 0.1) is 24.8 Å². The van der Waals surface area contributed by atoms with Crippen molar-refractivity contribution in [3.63, 3.8) is 0 Å². The van der Waals surface area contributed by atoms with Crippen molar-refractivity contribution >= 4 is 27.5 Å². The summed E-state index contributed by atoms with van der Waals surface area (Å²) in [4.78, 5) is 26.2. The van der Waals surface area contributed by atoms with Gasteiger partial charge in [-0.2, -0.15) is 0 Å². The summed E-state index contributed by atoms with van der Waals surface area (Å²) < 4.78 is 39.0. The van der Waals surface area contributed by atoms with Crippen LogP contribution in [0.5, 0.6) is 11.5 Å². The van der Waals surface area contributed by atoms with Crippen LogP contribution < -0.4 is 19.5 Å². The van der Waals surface area contributed by atoms with Crippen molar-refractivity contribution in [2.24, 2.45) is 11.7 Å². The van der Waals surface area contributed by atoms with E-state index in [2.05, 4.69) is 0 Å². The van der Waals surface area contributed by atoms with E-state index in [9.17, 15) is 18.0 Å². The lowest BCUT2D eigenvalue weighted by molar-refractivity contribution is -0.133. The molecule has 2 aromatic carbocycles. The fourth-order valence-corrected chi connectivity index (χ4v) is 5.19. The van der Waals surface area contributed by atoms with E-state index in [1.807, 2.05) is 6.92 Å². The number of amides is 2. The molecule has 178 valence electrons. The summed E-state index contributed by atoms with van der Waals surface area (Å²) in [5.74, 6) is -0.281. The molecule has 3 rings (SSSR count). The number of nitrogens with two attached hydrogens (primary N) is 1. The minimum atomic E-state index is -4.09. The van der Waals surface area contributed by atoms with Crippen LogP contribution in [-0.2, 0) is 19.6 Å². The van der Waals surface area contributed by atoms with Gasteiger partial charge < -0.3 is 20.1 Å². The number of nitrogens with zero attached hydrogens (tertiary/aromatic N) is 2. The van der Waals surface area contributed by atoms with Crippen LogP contribution in [0.15, 0.2) is 47.4 Å². The van der Waals surface area contributed by atoms with Crippen LogP contribution in [-0.4, -0.2) is 59.0 Å². The molecule has 0 unspecified atom stereocenters. The van der Waals surface area contributed by atoms with Gasteiger partial charge in [-0.3, -0.25) is 13.9 Å². The average molecular weight is 476 g/mol. The maximum atomic E-state index is 13.6. The monoisotopic (exact) mass is 475 g/mol. The molecule has 1 heterocycles. The van der Waals surface area contributed by atoms with E-state index in [0.29, 0.717) is 31.7 Å². The molecule has 10 heteroatoms. The molecular weight excluding hydrogens is 446 g/mol. The molecular formula is C23H29N3O6S. The first kappa shape index (κ1) is 24.4. The second-order valence-corrected chi connectivity index (χ2v) is 9.78. The average Bonchev–Trinajstić information content (AvgIpc) is 2.82. The molecule has 9 nitrogen and oxygen atoms in total. The minimum absolute atomic E-state index is 0.0613. The third-order valence-electron chi connectivity index (χ3n) is 5.79. The molecule has 0 radical (unpaired) electrons. The van der Waals surface area contributed by atoms with Crippen LogP contribution in [0.1, 0.15) is 18.4 Å². The number of likely N-dealkylation sites (tertiary alicyclic amines) is 1. The predicted octanol–water partition coefficient (Wildman–Crippen LogP) is 1.93. The molecule has 0 atom stereocenters. The Bertz CT molecular complexity index is 1110. The Morgan fingerprint density at radius 3 is 2.24 bits per heavy atom. The number of carbonyl (C=O) groups is 2. The second-order valence-electron chi connectivity index (χ2n) is 7.92. The Balaban J connectivity index is 1.97. The fourth-order valence-electron chi connectivity index (χ4n) is 3.76. The van der Waals surface area contributed by atoms with Crippen LogP contribution in [0.2, 0.25) is 0 Å². The molecule has 0 aromatic heterocycles. The lowest BCUT2D eigenvalue weighted by Gasteiger charge is -2.33. The summed E-state index contributed by atoms with van der Waals surface area (Å²) in [5.41, 5.74) is 6.51. The molecule has 0 spiro atoms. The second kappa shape index (κ2) is 10.1. The Labute approximate surface area is 194 Å². The Morgan fingerprint density at radius 1 is 1.06 bits per heavy atom. The molecule has 1 aliphatic heterocycles. The molecule has 2 aromatic rings. The van der Waals surface area contributed by atoms with Crippen LogP contribution in [0.25, 0.3) is 0 Å². The zero-order valence-electron chi connectivity index (χ0n) is 19.0. The van der Waals surface area contributed by atoms with Crippen molar-refractivity contribution in [1.82, 2.24) is 4.90 Å². The number of rotatable bonds is 8. The van der Waals surface area contributed by atoms with Gasteiger partial charge in [0.1, 0.15) is 18.0 Å². The number of hydrogen-bond acceptors (Lipinski definition) is 6. The molecule has 1 fully saturated rings. The topological polar surface area (TPSA) is 119 Å². The van der Waals surface area contributed by atoms with Crippen molar-refractivity contribution in [2.75, 3.05) is 38.2 Å². The molecule has 1 saturated heterocycles. The van der Waals surface area contributed by atoms with E-state index in [-0.39, 0.29) is 34.1 Å². The van der Waals surface area contributed by atoms with Crippen molar-refractivity contribution in [2.45, 2.75) is 24.7 Å². The zero-order chi connectivity index (χ0) is 24.2. The highest BCUT2D eigenvalue weighted by Crippen LogP contribution is 2.35. The van der Waals surface area contributed by atoms with E-state index in [1.165, 1.54) is 26.4 Å². The molecule has 0 aliphatic carbocycles. The number of carbonyl (C=O) groups excluding carboxylic acids is 2. The smallest absolute Gasteiger partial charge is 0.264 e. The summed E-state index contributed by atoms with van der Waals surface area (Å²) in [6, 6.07) is 11.1. The minimum Gasteiger partial charge on any atom is -0.497 e. The van der Waals surface area contributed by atoms with Gasteiger partial charge in [-0.05, 0) is 44.0 Å². The number of ether oxygens (including phenoxy) is 2. The van der Waals surface area contributed by atoms with Gasteiger partial charge in [0.25, 0.3) is 10.0 Å². The van der Waals surface area contributed by atoms with Gasteiger partial charge >= 0.3 is 0 Å². The highest BCUT2D eigenvalue weighted by Gasteiger charge is 2.33. The maximum absolute atomic E-state index is 13.6. The van der Waals surface area contributed by atoms with E-state index in [1.54, 1.807) is 35.2 Å². The summed E-state index contributed by atoms with van der Waals surface area (Å²) in [7, 11) is -1.17. The first-order valence-corrected chi connectivity index (χ1v) is 12.0. The molecule has 2 amide bonds. The summed E-state index contributed by atoms with van der Waals surface area (Å²) >= 11 is 0. The zero-order valence-corrected chi connectivity index (χ0v) is 19.8. The van der Waals surface area contributed by atoms with E-state index in [4.69, 9.17) is 15.2 Å². The van der Waals surface area contributed by atoms with Gasteiger partial charge in [0.2, 0.25) is 11.8 Å². The quantitative estimate of drug-likeness (QED) is 0.623. The van der Waals surface area contributed by atoms with Crippen molar-refractivity contribution < 1.29 is 27.5 Å². The molecule has 33 heavy (non-hydrogen) atoms. The summed E-state index contributed by atoms with van der Waals surface area (Å²) in [6.07, 6.45) is 0.912. The third-order valence-corrected chi connectivity index (χ3v) is 7.57. The Morgan fingerprint density at radius 2 is 1.70 bits per heavy atom. The van der Waals surface area contributed by atoms with Crippen LogP contribution >= 0.6 is 0 Å². The van der Waals surface area contributed by atoms with Crippen LogP contribution in [0.4, 0.5) is 5.69 Å². The van der Waals surface area contributed by atoms with Crippen LogP contribution in [0.3, 0.4) is 0 Å². The Hall–Kier alpha value is -3.27. The van der Waals surface area contributed by atoms with Crippen molar-refractivity contribution in [3.8, 4) is 11.5 Å². The first-order valence-electron chi connectivity index (χ1n) is 10.6. The van der Waals surface area contributed by atoms with E-state index < -0.39 is 16.6 Å². The lowest BCUT2D eigenvalue weighted by Crippen LogP contribution is -2.47. The third kappa shape index (κ3) is 5.39. The fraction of sp³-hybridized carbons (Fsp3) is 0.391. The van der Waals surface area contributed by atoms with Gasteiger partial charge in [-0.1, -0.05) is 17.7 Å². The van der Waals surface area contributed by atoms with E-state index >= 15 is 0 Å². The van der Waals surface area contributed by atoms with Gasteiger partial charge in [-0.25, -0.2) is 8.42 Å². The molecule has 2 N–H and O–H groups in total. The number of benzene rings is 2. The standard InChI is InChI=1S/C23H29N3O6S/c1-16-4-7-19(8-5-16)33(29,30)26(20-9-6-18(31-2)14-21(20)32-3)15-22(27)25-12-10-17(11-13-25)23(24)28/h4-9,14,17H,10-13,15H2,1-3H3,(H2,24,28). The van der Waals surface area contributed by atoms with Gasteiger partial charge in [0, 0.05) is 25.1 Å². The maximum Gasteiger partial charge on any atom is 0.264 e. The summed E-state index contributed by atoms with van der Waals surface area (Å²) in [5, 5.41) is 0.